The van der Waals surface area contributed by atoms with E-state index in [0.29, 0.717) is 32.1 Å². The predicted molar refractivity (Wildman–Crippen MR) is 127 cm³/mol. The highest BCUT2D eigenvalue weighted by Gasteiger charge is 2.34. The van der Waals surface area contributed by atoms with Crippen molar-refractivity contribution in [1.29, 1.82) is 0 Å². The van der Waals surface area contributed by atoms with Crippen molar-refractivity contribution in [2.45, 2.75) is 33.0 Å². The first-order valence-electron chi connectivity index (χ1n) is 10.1. The van der Waals surface area contributed by atoms with Crippen LogP contribution in [-0.2, 0) is 6.54 Å². The van der Waals surface area contributed by atoms with Gasteiger partial charge in [0.25, 0.3) is 0 Å². The van der Waals surface area contributed by atoms with Crippen molar-refractivity contribution in [3.8, 4) is 5.69 Å². The minimum absolute atomic E-state index is 0. The lowest BCUT2D eigenvalue weighted by Gasteiger charge is -2.19. The fourth-order valence-corrected chi connectivity index (χ4v) is 3.86. The third-order valence-electron chi connectivity index (χ3n) is 5.23. The maximum Gasteiger partial charge on any atom is 0.401 e. The van der Waals surface area contributed by atoms with Crippen LogP contribution in [-0.4, -0.2) is 60.0 Å². The lowest BCUT2D eigenvalue weighted by Crippen LogP contribution is -2.40. The average molecular weight is 550 g/mol. The topological polar surface area (TPSA) is 57.5 Å². The highest BCUT2D eigenvalue weighted by atomic mass is 127. The first-order valence-corrected chi connectivity index (χ1v) is 10.1. The lowest BCUT2D eigenvalue weighted by atomic mass is 10.1. The molecule has 2 N–H and O–H groups in total. The number of aliphatic imine (C=N–C) groups is 1. The van der Waals surface area contributed by atoms with Gasteiger partial charge < -0.3 is 10.6 Å². The molecule has 6 nitrogen and oxygen atoms in total. The zero-order valence-corrected chi connectivity index (χ0v) is 20.4. The van der Waals surface area contributed by atoms with E-state index in [1.54, 1.807) is 7.05 Å². The second-order valence-corrected chi connectivity index (χ2v) is 7.78. The van der Waals surface area contributed by atoms with E-state index in [0.717, 1.165) is 29.1 Å². The van der Waals surface area contributed by atoms with E-state index in [2.05, 4.69) is 20.7 Å². The van der Waals surface area contributed by atoms with Crippen LogP contribution in [0.1, 0.15) is 23.4 Å². The molecule has 0 saturated carbocycles. The first kappa shape index (κ1) is 25.4. The maximum absolute atomic E-state index is 12.6. The minimum atomic E-state index is -4.14. The van der Waals surface area contributed by atoms with Crippen molar-refractivity contribution in [3.05, 3.63) is 47.3 Å². The summed E-state index contributed by atoms with van der Waals surface area (Å²) in [6.07, 6.45) is -3.39. The number of benzene rings is 1. The molecule has 1 fully saturated rings. The van der Waals surface area contributed by atoms with Gasteiger partial charge in [0.1, 0.15) is 0 Å². The monoisotopic (exact) mass is 550 g/mol. The van der Waals surface area contributed by atoms with E-state index in [4.69, 9.17) is 0 Å². The van der Waals surface area contributed by atoms with Crippen molar-refractivity contribution in [2.75, 3.05) is 33.2 Å². The normalized spacial score (nSPS) is 17.5. The van der Waals surface area contributed by atoms with E-state index in [-0.39, 0.29) is 29.9 Å². The number of aryl methyl sites for hydroxylation is 2. The molecule has 3 rings (SSSR count). The molecule has 1 atom stereocenters. The molecule has 1 aromatic carbocycles. The van der Waals surface area contributed by atoms with Crippen LogP contribution in [0.2, 0.25) is 0 Å². The summed E-state index contributed by atoms with van der Waals surface area (Å²) in [6.45, 7) is 5.23. The van der Waals surface area contributed by atoms with Crippen LogP contribution < -0.4 is 10.6 Å². The summed E-state index contributed by atoms with van der Waals surface area (Å²) in [5, 5.41) is 11.1. The number of likely N-dealkylation sites (tertiary alicyclic amines) is 1. The Labute approximate surface area is 198 Å². The number of aromatic nitrogens is 2. The third kappa shape index (κ3) is 7.37. The predicted octanol–water partition coefficient (Wildman–Crippen LogP) is 3.66. The van der Waals surface area contributed by atoms with Gasteiger partial charge in [0.2, 0.25) is 0 Å². The molecule has 1 aliphatic rings. The highest BCUT2D eigenvalue weighted by molar-refractivity contribution is 14.0. The van der Waals surface area contributed by atoms with Gasteiger partial charge in [-0.3, -0.25) is 9.89 Å². The van der Waals surface area contributed by atoms with Gasteiger partial charge in [-0.1, -0.05) is 18.2 Å². The number of halogens is 4. The van der Waals surface area contributed by atoms with E-state index in [9.17, 15) is 13.2 Å². The Balaban J connectivity index is 0.00000341. The Hall–Kier alpha value is -1.82. The second-order valence-electron chi connectivity index (χ2n) is 7.78. The summed E-state index contributed by atoms with van der Waals surface area (Å²) in [4.78, 5) is 5.71. The van der Waals surface area contributed by atoms with Gasteiger partial charge in [0, 0.05) is 32.4 Å². The largest absolute Gasteiger partial charge is 0.401 e. The second kappa shape index (κ2) is 11.2. The molecule has 0 amide bonds. The third-order valence-corrected chi connectivity index (χ3v) is 5.23. The minimum Gasteiger partial charge on any atom is -0.356 e. The summed E-state index contributed by atoms with van der Waals surface area (Å²) in [7, 11) is 1.69. The molecular weight excluding hydrogens is 520 g/mol. The molecule has 1 unspecified atom stereocenters. The molecule has 1 saturated heterocycles. The van der Waals surface area contributed by atoms with Crippen LogP contribution in [0.25, 0.3) is 5.69 Å². The van der Waals surface area contributed by atoms with Crippen LogP contribution >= 0.6 is 24.0 Å². The number of hydrogen-bond donors (Lipinski definition) is 2. The molecule has 2 heterocycles. The molecule has 2 aromatic rings. The van der Waals surface area contributed by atoms with Gasteiger partial charge in [-0.25, -0.2) is 4.68 Å². The molecule has 172 valence electrons. The summed E-state index contributed by atoms with van der Waals surface area (Å²) in [5.41, 5.74) is 4.10. The van der Waals surface area contributed by atoms with Gasteiger partial charge >= 0.3 is 6.18 Å². The number of nitrogens with one attached hydrogen (secondary N) is 2. The average Bonchev–Trinajstić information content (AvgIpc) is 3.26. The number of nitrogens with zero attached hydrogens (tertiary/aromatic N) is 4. The van der Waals surface area contributed by atoms with E-state index in [1.165, 1.54) is 4.90 Å². The summed E-state index contributed by atoms with van der Waals surface area (Å²) < 4.78 is 39.6. The Kier molecular flexibility index (Phi) is 9.16. The highest BCUT2D eigenvalue weighted by Crippen LogP contribution is 2.22. The van der Waals surface area contributed by atoms with Crippen LogP contribution in [0.5, 0.6) is 0 Å². The van der Waals surface area contributed by atoms with Gasteiger partial charge in [-0.15, -0.1) is 24.0 Å². The lowest BCUT2D eigenvalue weighted by molar-refractivity contribution is -0.143. The zero-order chi connectivity index (χ0) is 21.7. The Morgan fingerprint density at radius 2 is 1.97 bits per heavy atom. The molecule has 0 spiro atoms. The van der Waals surface area contributed by atoms with E-state index in [1.807, 2.05) is 48.9 Å². The van der Waals surface area contributed by atoms with Crippen molar-refractivity contribution in [2.24, 2.45) is 10.9 Å². The Bertz CT molecular complexity index is 880. The maximum atomic E-state index is 12.6. The zero-order valence-electron chi connectivity index (χ0n) is 18.0. The molecule has 0 bridgehead atoms. The molecule has 1 aliphatic heterocycles. The molecule has 0 aliphatic carbocycles. The summed E-state index contributed by atoms with van der Waals surface area (Å²) in [5.74, 6) is 0.806. The molecule has 31 heavy (non-hydrogen) atoms. The van der Waals surface area contributed by atoms with Crippen molar-refractivity contribution < 1.29 is 13.2 Å². The van der Waals surface area contributed by atoms with Crippen LogP contribution in [0.15, 0.2) is 35.3 Å². The SMILES string of the molecule is CN=C(NCc1ccccc1-n1nc(C)cc1C)NCC1CCN(CC(F)(F)F)C1.I. The van der Waals surface area contributed by atoms with Gasteiger partial charge in [0.05, 0.1) is 17.9 Å². The van der Waals surface area contributed by atoms with Crippen molar-refractivity contribution in [1.82, 2.24) is 25.3 Å². The molecule has 10 heteroatoms. The Morgan fingerprint density at radius 3 is 2.61 bits per heavy atom. The number of rotatable bonds is 6. The Morgan fingerprint density at radius 1 is 1.23 bits per heavy atom. The van der Waals surface area contributed by atoms with Gasteiger partial charge in [0.15, 0.2) is 5.96 Å². The summed E-state index contributed by atoms with van der Waals surface area (Å²) >= 11 is 0. The first-order chi connectivity index (χ1) is 14.2. The smallest absolute Gasteiger partial charge is 0.356 e. The van der Waals surface area contributed by atoms with Crippen molar-refractivity contribution in [3.63, 3.8) is 0 Å². The standard InChI is InChI=1S/C21H29F3N6.HI/c1-15-10-16(2)30(28-15)19-7-5-4-6-18(19)12-27-20(25-3)26-11-17-8-9-29(13-17)14-21(22,23)24;/h4-7,10,17H,8-9,11-14H2,1-3H3,(H2,25,26,27);1H. The van der Waals surface area contributed by atoms with Crippen molar-refractivity contribution >= 4 is 29.9 Å². The van der Waals surface area contributed by atoms with E-state index >= 15 is 0 Å². The quantitative estimate of drug-likeness (QED) is 0.328. The molecule has 0 radical (unpaired) electrons. The number of guanidine groups is 1. The van der Waals surface area contributed by atoms with Crippen LogP contribution in [0, 0.1) is 19.8 Å². The summed E-state index contributed by atoms with van der Waals surface area (Å²) in [6, 6.07) is 10.1. The fourth-order valence-electron chi connectivity index (χ4n) is 3.86. The van der Waals surface area contributed by atoms with Gasteiger partial charge in [-0.2, -0.15) is 18.3 Å². The van der Waals surface area contributed by atoms with E-state index < -0.39 is 12.7 Å². The number of hydrogen-bond acceptors (Lipinski definition) is 3. The number of alkyl halides is 3. The van der Waals surface area contributed by atoms with Gasteiger partial charge in [-0.05, 0) is 50.4 Å². The molecular formula is C21H30F3IN6. The number of para-hydroxylation sites is 1. The fraction of sp³-hybridized carbons (Fsp3) is 0.524. The van der Waals surface area contributed by atoms with Crippen LogP contribution in [0.3, 0.4) is 0 Å². The van der Waals surface area contributed by atoms with Crippen LogP contribution in [0.4, 0.5) is 13.2 Å². The molecule has 1 aromatic heterocycles.